The summed E-state index contributed by atoms with van der Waals surface area (Å²) in [4.78, 5) is 26.3. The van der Waals surface area contributed by atoms with Crippen molar-refractivity contribution in [1.82, 2.24) is 5.32 Å². The summed E-state index contributed by atoms with van der Waals surface area (Å²) < 4.78 is 38.2. The summed E-state index contributed by atoms with van der Waals surface area (Å²) in [5.41, 5.74) is 1.01. The molecule has 0 radical (unpaired) electrons. The number of hydrogen-bond donors (Lipinski definition) is 2. The van der Waals surface area contributed by atoms with Gasteiger partial charge in [-0.25, -0.2) is 4.79 Å². The fourth-order valence-corrected chi connectivity index (χ4v) is 3.00. The van der Waals surface area contributed by atoms with E-state index in [0.29, 0.717) is 6.54 Å². The molecule has 2 aromatic rings. The van der Waals surface area contributed by atoms with Crippen LogP contribution in [0.2, 0.25) is 0 Å². The normalized spacial score (nSPS) is 14.4. The van der Waals surface area contributed by atoms with Crippen LogP contribution in [0.25, 0.3) is 0 Å². The molecule has 0 bridgehead atoms. The molecule has 0 saturated carbocycles. The monoisotopic (exact) mass is 377 g/mol. The predicted molar refractivity (Wildman–Crippen MR) is 95.6 cm³/mol. The first-order chi connectivity index (χ1) is 12.8. The summed E-state index contributed by atoms with van der Waals surface area (Å²) in [6.07, 6.45) is -3.76. The molecule has 0 fully saturated rings. The molecule has 0 spiro atoms. The molecule has 1 heterocycles. The van der Waals surface area contributed by atoms with Gasteiger partial charge in [0.05, 0.1) is 5.56 Å². The zero-order valence-electron chi connectivity index (χ0n) is 14.5. The van der Waals surface area contributed by atoms with E-state index in [9.17, 15) is 22.8 Å². The summed E-state index contributed by atoms with van der Waals surface area (Å²) in [6.45, 7) is 2.06. The first-order valence-corrected chi connectivity index (χ1v) is 8.40. The summed E-state index contributed by atoms with van der Waals surface area (Å²) in [5, 5.41) is 4.80. The van der Waals surface area contributed by atoms with Gasteiger partial charge in [-0.2, -0.15) is 13.2 Å². The molecule has 1 aliphatic rings. The first-order valence-electron chi connectivity index (χ1n) is 8.40. The Kier molecular flexibility index (Phi) is 5.07. The van der Waals surface area contributed by atoms with Gasteiger partial charge in [-0.15, -0.1) is 0 Å². The Morgan fingerprint density at radius 2 is 1.85 bits per heavy atom. The van der Waals surface area contributed by atoms with Crippen LogP contribution >= 0.6 is 0 Å². The highest BCUT2D eigenvalue weighted by molar-refractivity contribution is 6.01. The molecule has 8 heteroatoms. The minimum atomic E-state index is -4.50. The number of alkyl halides is 3. The Morgan fingerprint density at radius 1 is 1.11 bits per heavy atom. The van der Waals surface area contributed by atoms with Crippen molar-refractivity contribution >= 4 is 23.3 Å². The molecule has 0 unspecified atom stereocenters. The standard InChI is InChI=1S/C19H18F3N3O2/c1-12(17(26)25-10-9-13-5-2-3-8-16(13)25)23-18(27)24-15-7-4-6-14(11-15)19(20,21)22/h2-8,11-12H,9-10H2,1H3,(H2,23,24,27)/t12-/m1/s1. The average Bonchev–Trinajstić information content (AvgIpc) is 3.04. The second kappa shape index (κ2) is 7.30. The number of fused-ring (bicyclic) bond motifs is 1. The van der Waals surface area contributed by atoms with E-state index in [1.54, 1.807) is 4.90 Å². The highest BCUT2D eigenvalue weighted by atomic mass is 19.4. The van der Waals surface area contributed by atoms with Crippen molar-refractivity contribution < 1.29 is 22.8 Å². The van der Waals surface area contributed by atoms with Gasteiger partial charge in [0, 0.05) is 17.9 Å². The van der Waals surface area contributed by atoms with E-state index in [1.807, 2.05) is 24.3 Å². The maximum atomic E-state index is 12.7. The third-order valence-electron chi connectivity index (χ3n) is 4.32. The van der Waals surface area contributed by atoms with Crippen LogP contribution < -0.4 is 15.5 Å². The maximum absolute atomic E-state index is 12.7. The summed E-state index contributed by atoms with van der Waals surface area (Å²) in [5.74, 6) is -0.279. The van der Waals surface area contributed by atoms with Crippen LogP contribution in [-0.2, 0) is 17.4 Å². The molecular formula is C19H18F3N3O2. The number of hydrogen-bond acceptors (Lipinski definition) is 2. The van der Waals surface area contributed by atoms with Crippen LogP contribution in [0.3, 0.4) is 0 Å². The summed E-state index contributed by atoms with van der Waals surface area (Å²) >= 11 is 0. The van der Waals surface area contributed by atoms with E-state index in [-0.39, 0.29) is 11.6 Å². The molecule has 0 aromatic heterocycles. The minimum Gasteiger partial charge on any atom is -0.326 e. The van der Waals surface area contributed by atoms with Crippen LogP contribution in [0.5, 0.6) is 0 Å². The zero-order valence-corrected chi connectivity index (χ0v) is 14.5. The number of nitrogens with zero attached hydrogens (tertiary/aromatic N) is 1. The highest BCUT2D eigenvalue weighted by Crippen LogP contribution is 2.31. The molecular weight excluding hydrogens is 359 g/mol. The lowest BCUT2D eigenvalue weighted by molar-refractivity contribution is -0.137. The topological polar surface area (TPSA) is 61.4 Å². The fourth-order valence-electron chi connectivity index (χ4n) is 3.00. The second-order valence-corrected chi connectivity index (χ2v) is 6.27. The van der Waals surface area contributed by atoms with Gasteiger partial charge in [0.15, 0.2) is 0 Å². The van der Waals surface area contributed by atoms with Crippen molar-refractivity contribution in [3.63, 3.8) is 0 Å². The third-order valence-corrected chi connectivity index (χ3v) is 4.32. The Bertz CT molecular complexity index is 867. The molecule has 2 N–H and O–H groups in total. The molecule has 2 aromatic carbocycles. The van der Waals surface area contributed by atoms with Crippen molar-refractivity contribution in [2.45, 2.75) is 25.6 Å². The number of urea groups is 1. The third kappa shape index (κ3) is 4.21. The molecule has 1 atom stereocenters. The average molecular weight is 377 g/mol. The number of nitrogens with one attached hydrogen (secondary N) is 2. The largest absolute Gasteiger partial charge is 0.416 e. The van der Waals surface area contributed by atoms with Gasteiger partial charge in [0.1, 0.15) is 6.04 Å². The van der Waals surface area contributed by atoms with Gasteiger partial charge >= 0.3 is 12.2 Å². The van der Waals surface area contributed by atoms with E-state index >= 15 is 0 Å². The van der Waals surface area contributed by atoms with E-state index in [2.05, 4.69) is 10.6 Å². The molecule has 27 heavy (non-hydrogen) atoms. The Labute approximate surface area is 154 Å². The SMILES string of the molecule is C[C@@H](NC(=O)Nc1cccc(C(F)(F)F)c1)C(=O)N1CCc2ccccc21. The summed E-state index contributed by atoms with van der Waals surface area (Å²) in [6, 6.07) is 10.2. The quantitative estimate of drug-likeness (QED) is 0.855. The van der Waals surface area contributed by atoms with Crippen molar-refractivity contribution in [2.75, 3.05) is 16.8 Å². The number of carbonyl (C=O) groups excluding carboxylic acids is 2. The molecule has 3 rings (SSSR count). The number of anilines is 2. The molecule has 0 saturated heterocycles. The number of benzene rings is 2. The molecule has 1 aliphatic heterocycles. The van der Waals surface area contributed by atoms with E-state index in [4.69, 9.17) is 0 Å². The van der Waals surface area contributed by atoms with Crippen LogP contribution in [0.1, 0.15) is 18.1 Å². The van der Waals surface area contributed by atoms with E-state index in [1.165, 1.54) is 19.1 Å². The Hall–Kier alpha value is -3.03. The van der Waals surface area contributed by atoms with Gasteiger partial charge in [-0.05, 0) is 43.2 Å². The van der Waals surface area contributed by atoms with E-state index < -0.39 is 23.8 Å². The molecule has 0 aliphatic carbocycles. The van der Waals surface area contributed by atoms with E-state index in [0.717, 1.165) is 29.8 Å². The lowest BCUT2D eigenvalue weighted by Crippen LogP contribution is -2.47. The Morgan fingerprint density at radius 3 is 2.59 bits per heavy atom. The predicted octanol–water partition coefficient (Wildman–Crippen LogP) is 3.80. The number of rotatable bonds is 3. The Balaban J connectivity index is 1.62. The number of para-hydroxylation sites is 1. The molecule has 142 valence electrons. The zero-order chi connectivity index (χ0) is 19.6. The van der Waals surface area contributed by atoms with Gasteiger partial charge < -0.3 is 15.5 Å². The minimum absolute atomic E-state index is 0.00603. The van der Waals surface area contributed by atoms with Crippen LogP contribution in [0.4, 0.5) is 29.3 Å². The molecule has 3 amide bonds. The smallest absolute Gasteiger partial charge is 0.326 e. The first kappa shape index (κ1) is 18.8. The van der Waals surface area contributed by atoms with Crippen molar-refractivity contribution in [3.8, 4) is 0 Å². The number of halogens is 3. The van der Waals surface area contributed by atoms with Crippen molar-refractivity contribution in [3.05, 3.63) is 59.7 Å². The molecule has 5 nitrogen and oxygen atoms in total. The van der Waals surface area contributed by atoms with Gasteiger partial charge in [0.2, 0.25) is 5.91 Å². The maximum Gasteiger partial charge on any atom is 0.416 e. The van der Waals surface area contributed by atoms with Crippen LogP contribution in [0, 0.1) is 0 Å². The highest BCUT2D eigenvalue weighted by Gasteiger charge is 2.31. The van der Waals surface area contributed by atoms with Gasteiger partial charge in [-0.1, -0.05) is 24.3 Å². The van der Waals surface area contributed by atoms with Gasteiger partial charge in [0.25, 0.3) is 0 Å². The summed E-state index contributed by atoms with van der Waals surface area (Å²) in [7, 11) is 0. The van der Waals surface area contributed by atoms with Crippen molar-refractivity contribution in [2.24, 2.45) is 0 Å². The van der Waals surface area contributed by atoms with Crippen LogP contribution in [0.15, 0.2) is 48.5 Å². The fraction of sp³-hybridized carbons (Fsp3) is 0.263. The van der Waals surface area contributed by atoms with Crippen LogP contribution in [-0.4, -0.2) is 24.5 Å². The number of amides is 3. The van der Waals surface area contributed by atoms with Gasteiger partial charge in [-0.3, -0.25) is 4.79 Å². The van der Waals surface area contributed by atoms with Crippen molar-refractivity contribution in [1.29, 1.82) is 0 Å². The second-order valence-electron chi connectivity index (χ2n) is 6.27. The number of carbonyl (C=O) groups is 2. The lowest BCUT2D eigenvalue weighted by atomic mass is 10.2. The lowest BCUT2D eigenvalue weighted by Gasteiger charge is -2.22.